The second kappa shape index (κ2) is 5.26. The lowest BCUT2D eigenvalue weighted by Gasteiger charge is -2.35. The molecule has 102 valence electrons. The van der Waals surface area contributed by atoms with Gasteiger partial charge in [0.25, 0.3) is 0 Å². The second-order valence-corrected chi connectivity index (χ2v) is 5.95. The summed E-state index contributed by atoms with van der Waals surface area (Å²) in [5.41, 5.74) is 5.39. The van der Waals surface area contributed by atoms with E-state index >= 15 is 0 Å². The van der Waals surface area contributed by atoms with Crippen LogP contribution in [-0.2, 0) is 0 Å². The lowest BCUT2D eigenvalue weighted by molar-refractivity contribution is 0.502. The zero-order chi connectivity index (χ0) is 14.1. The Bertz CT molecular complexity index is 726. The van der Waals surface area contributed by atoms with E-state index in [4.69, 9.17) is 0 Å². The summed E-state index contributed by atoms with van der Waals surface area (Å²) in [5.74, 6) is 8.31. The highest BCUT2D eigenvalue weighted by Crippen LogP contribution is 2.55. The van der Waals surface area contributed by atoms with Crippen LogP contribution >= 0.6 is 0 Å². The summed E-state index contributed by atoms with van der Waals surface area (Å²) in [5, 5.41) is 0. The molecule has 0 saturated heterocycles. The van der Waals surface area contributed by atoms with E-state index in [9.17, 15) is 0 Å². The summed E-state index contributed by atoms with van der Waals surface area (Å²) < 4.78 is 0. The van der Waals surface area contributed by atoms with Gasteiger partial charge in [-0.2, -0.15) is 0 Å². The van der Waals surface area contributed by atoms with Gasteiger partial charge in [0.15, 0.2) is 0 Å². The van der Waals surface area contributed by atoms with Gasteiger partial charge in [0, 0.05) is 11.1 Å². The fraction of sp³-hybridized carbons (Fsp3) is 0.238. The van der Waals surface area contributed by atoms with E-state index in [0.717, 1.165) is 17.4 Å². The van der Waals surface area contributed by atoms with Gasteiger partial charge in [0.05, 0.1) is 0 Å². The Kier molecular flexibility index (Phi) is 3.13. The molecule has 0 aliphatic heterocycles. The molecule has 2 aromatic carbocycles. The van der Waals surface area contributed by atoms with Crippen LogP contribution < -0.4 is 0 Å². The predicted octanol–water partition coefficient (Wildman–Crippen LogP) is 4.92. The van der Waals surface area contributed by atoms with E-state index in [1.807, 2.05) is 6.07 Å². The minimum absolute atomic E-state index is 0.719. The van der Waals surface area contributed by atoms with Gasteiger partial charge in [-0.05, 0) is 47.9 Å². The second-order valence-electron chi connectivity index (χ2n) is 5.95. The highest BCUT2D eigenvalue weighted by molar-refractivity contribution is 5.81. The van der Waals surface area contributed by atoms with Gasteiger partial charge in [-0.1, -0.05) is 66.8 Å². The van der Waals surface area contributed by atoms with Crippen LogP contribution in [0.1, 0.15) is 30.4 Å². The van der Waals surface area contributed by atoms with Crippen LogP contribution in [-0.4, -0.2) is 0 Å². The van der Waals surface area contributed by atoms with Crippen LogP contribution in [0.2, 0.25) is 0 Å². The Labute approximate surface area is 126 Å². The highest BCUT2D eigenvalue weighted by atomic mass is 14.5. The molecule has 0 unspecified atom stereocenters. The molecule has 0 N–H and O–H groups in total. The van der Waals surface area contributed by atoms with Crippen LogP contribution in [0, 0.1) is 23.7 Å². The molecule has 21 heavy (non-hydrogen) atoms. The van der Waals surface area contributed by atoms with Gasteiger partial charge in [-0.3, -0.25) is 0 Å². The average Bonchev–Trinajstić information content (AvgIpc) is 2.94. The third kappa shape index (κ3) is 2.20. The Balaban J connectivity index is 1.74. The standard InChI is InChI=1S/C21H18/c1-3-8-16(9-4-1)14-15-20-18-12-7-13-19(18)21(20)17-10-5-2-6-11-17/h1-6,8-11,18-19H,7,12-13H2/t18-,19+/m1/s1. The summed E-state index contributed by atoms with van der Waals surface area (Å²) in [6, 6.07) is 21.1. The van der Waals surface area contributed by atoms with E-state index < -0.39 is 0 Å². The zero-order valence-electron chi connectivity index (χ0n) is 12.0. The van der Waals surface area contributed by atoms with Gasteiger partial charge in [0.2, 0.25) is 0 Å². The van der Waals surface area contributed by atoms with Crippen molar-refractivity contribution in [3.05, 3.63) is 77.4 Å². The number of benzene rings is 2. The molecule has 2 aromatic rings. The first-order chi connectivity index (χ1) is 10.4. The molecule has 2 aliphatic carbocycles. The summed E-state index contributed by atoms with van der Waals surface area (Å²) >= 11 is 0. The quantitative estimate of drug-likeness (QED) is 0.645. The van der Waals surface area contributed by atoms with Gasteiger partial charge >= 0.3 is 0 Å². The molecule has 0 radical (unpaired) electrons. The van der Waals surface area contributed by atoms with Crippen molar-refractivity contribution in [2.24, 2.45) is 11.8 Å². The molecule has 0 spiro atoms. The topological polar surface area (TPSA) is 0 Å². The SMILES string of the molecule is C(#Cc1ccccc1)C1=C(c2ccccc2)[C@H]2CCC[C@@H]12. The van der Waals surface area contributed by atoms with E-state index in [1.165, 1.54) is 36.0 Å². The molecule has 1 saturated carbocycles. The molecule has 0 bridgehead atoms. The van der Waals surface area contributed by atoms with Crippen molar-refractivity contribution >= 4 is 5.57 Å². The first-order valence-electron chi connectivity index (χ1n) is 7.80. The van der Waals surface area contributed by atoms with E-state index in [0.29, 0.717) is 0 Å². The number of fused-ring (bicyclic) bond motifs is 1. The fourth-order valence-corrected chi connectivity index (χ4v) is 3.76. The monoisotopic (exact) mass is 270 g/mol. The molecule has 0 heterocycles. The number of hydrogen-bond donors (Lipinski definition) is 0. The van der Waals surface area contributed by atoms with Crippen molar-refractivity contribution < 1.29 is 0 Å². The van der Waals surface area contributed by atoms with Crippen molar-refractivity contribution in [3.8, 4) is 11.8 Å². The Morgan fingerprint density at radius 2 is 1.38 bits per heavy atom. The van der Waals surface area contributed by atoms with Gasteiger partial charge in [0.1, 0.15) is 0 Å². The Morgan fingerprint density at radius 3 is 2.14 bits per heavy atom. The molecule has 4 rings (SSSR count). The summed E-state index contributed by atoms with van der Waals surface area (Å²) in [6.45, 7) is 0. The highest BCUT2D eigenvalue weighted by Gasteiger charge is 2.42. The summed E-state index contributed by atoms with van der Waals surface area (Å²) in [4.78, 5) is 0. The maximum absolute atomic E-state index is 3.49. The Hall–Kier alpha value is -2.26. The molecule has 0 heteroatoms. The predicted molar refractivity (Wildman–Crippen MR) is 87.5 cm³/mol. The molecule has 0 aromatic heterocycles. The maximum atomic E-state index is 3.49. The van der Waals surface area contributed by atoms with E-state index in [1.54, 1.807) is 0 Å². The minimum atomic E-state index is 0.719. The third-order valence-corrected chi connectivity index (χ3v) is 4.75. The van der Waals surface area contributed by atoms with Gasteiger partial charge in [-0.25, -0.2) is 0 Å². The number of hydrogen-bond acceptors (Lipinski definition) is 0. The smallest absolute Gasteiger partial charge is 0.0248 e. The fourth-order valence-electron chi connectivity index (χ4n) is 3.76. The first-order valence-corrected chi connectivity index (χ1v) is 7.80. The maximum Gasteiger partial charge on any atom is 0.0248 e. The molecule has 2 atom stereocenters. The first kappa shape index (κ1) is 12.5. The van der Waals surface area contributed by atoms with Crippen molar-refractivity contribution in [2.45, 2.75) is 19.3 Å². The van der Waals surface area contributed by atoms with Crippen LogP contribution in [0.15, 0.2) is 66.2 Å². The van der Waals surface area contributed by atoms with Crippen molar-refractivity contribution in [2.75, 3.05) is 0 Å². The normalized spacial score (nSPS) is 23.0. The van der Waals surface area contributed by atoms with Crippen LogP contribution in [0.25, 0.3) is 5.57 Å². The number of rotatable bonds is 1. The van der Waals surface area contributed by atoms with Crippen LogP contribution in [0.3, 0.4) is 0 Å². The molecule has 0 nitrogen and oxygen atoms in total. The molecule has 2 aliphatic rings. The lowest BCUT2D eigenvalue weighted by Crippen LogP contribution is -2.24. The lowest BCUT2D eigenvalue weighted by atomic mass is 9.67. The van der Waals surface area contributed by atoms with Crippen LogP contribution in [0.4, 0.5) is 0 Å². The molecule has 1 fully saturated rings. The summed E-state index contributed by atoms with van der Waals surface area (Å²) in [6.07, 6.45) is 4.01. The Morgan fingerprint density at radius 1 is 0.714 bits per heavy atom. The van der Waals surface area contributed by atoms with Gasteiger partial charge in [-0.15, -0.1) is 0 Å². The third-order valence-electron chi connectivity index (χ3n) is 4.75. The van der Waals surface area contributed by atoms with E-state index in [-0.39, 0.29) is 0 Å². The average molecular weight is 270 g/mol. The largest absolute Gasteiger partial charge is 0.0655 e. The molecular formula is C21H18. The van der Waals surface area contributed by atoms with Gasteiger partial charge < -0.3 is 0 Å². The van der Waals surface area contributed by atoms with E-state index in [2.05, 4.69) is 66.4 Å². The van der Waals surface area contributed by atoms with Crippen molar-refractivity contribution in [3.63, 3.8) is 0 Å². The minimum Gasteiger partial charge on any atom is -0.0655 e. The van der Waals surface area contributed by atoms with Crippen molar-refractivity contribution in [1.82, 2.24) is 0 Å². The van der Waals surface area contributed by atoms with Crippen molar-refractivity contribution in [1.29, 1.82) is 0 Å². The zero-order valence-corrected chi connectivity index (χ0v) is 12.0. The molecule has 0 amide bonds. The molecular weight excluding hydrogens is 252 g/mol. The number of allylic oxidation sites excluding steroid dienone is 2. The summed E-state index contributed by atoms with van der Waals surface area (Å²) in [7, 11) is 0. The van der Waals surface area contributed by atoms with Crippen LogP contribution in [0.5, 0.6) is 0 Å².